The summed E-state index contributed by atoms with van der Waals surface area (Å²) in [5, 5.41) is 7.09. The fraction of sp³-hybridized carbons (Fsp3) is 0.357. The molecule has 0 amide bonds. The van der Waals surface area contributed by atoms with Gasteiger partial charge in [-0.15, -0.1) is 0 Å². The number of nitrogens with one attached hydrogen (secondary N) is 1. The maximum Gasteiger partial charge on any atom is 0.119 e. The molecule has 0 saturated heterocycles. The molecular formula is C14H19N3O. The van der Waals surface area contributed by atoms with Crippen LogP contribution in [0.1, 0.15) is 25.5 Å². The Bertz CT molecular complexity index is 502. The Balaban J connectivity index is 2.10. The van der Waals surface area contributed by atoms with Gasteiger partial charge in [0, 0.05) is 5.56 Å². The number of nitrogens with two attached hydrogens (primary N) is 1. The van der Waals surface area contributed by atoms with Gasteiger partial charge in [-0.25, -0.2) is 0 Å². The van der Waals surface area contributed by atoms with Crippen LogP contribution < -0.4 is 10.5 Å². The van der Waals surface area contributed by atoms with Gasteiger partial charge < -0.3 is 10.5 Å². The first-order valence-corrected chi connectivity index (χ1v) is 6.26. The zero-order chi connectivity index (χ0) is 13.0. The van der Waals surface area contributed by atoms with Crippen LogP contribution in [0.25, 0.3) is 11.3 Å². The van der Waals surface area contributed by atoms with Crippen LogP contribution in [0, 0.1) is 6.92 Å². The third-order valence-electron chi connectivity index (χ3n) is 2.89. The van der Waals surface area contributed by atoms with Gasteiger partial charge in [-0.05, 0) is 37.6 Å². The lowest BCUT2D eigenvalue weighted by atomic mass is 10.1. The van der Waals surface area contributed by atoms with Crippen LogP contribution in [0.4, 0.5) is 5.69 Å². The van der Waals surface area contributed by atoms with E-state index in [1.54, 1.807) is 0 Å². The molecule has 0 atom stereocenters. The number of nitrogens with zero attached hydrogens (tertiary/aromatic N) is 1. The van der Waals surface area contributed by atoms with E-state index in [0.717, 1.165) is 42.1 Å². The Kier molecular flexibility index (Phi) is 3.87. The van der Waals surface area contributed by atoms with E-state index < -0.39 is 0 Å². The zero-order valence-corrected chi connectivity index (χ0v) is 10.9. The molecular weight excluding hydrogens is 226 g/mol. The number of nitrogen functional groups attached to an aromatic ring is 1. The fourth-order valence-corrected chi connectivity index (χ4v) is 1.70. The summed E-state index contributed by atoms with van der Waals surface area (Å²) in [6, 6.07) is 7.86. The molecule has 0 aliphatic heterocycles. The minimum Gasteiger partial charge on any atom is -0.494 e. The van der Waals surface area contributed by atoms with Crippen LogP contribution in [0.5, 0.6) is 5.75 Å². The number of aryl methyl sites for hydroxylation is 1. The zero-order valence-electron chi connectivity index (χ0n) is 10.9. The third-order valence-corrected chi connectivity index (χ3v) is 2.89. The molecule has 1 aromatic heterocycles. The van der Waals surface area contributed by atoms with Crippen LogP contribution in [0.2, 0.25) is 0 Å². The number of unbranched alkanes of at least 4 members (excludes halogenated alkanes) is 1. The van der Waals surface area contributed by atoms with Gasteiger partial charge in [-0.1, -0.05) is 13.3 Å². The highest BCUT2D eigenvalue weighted by molar-refractivity contribution is 5.74. The highest BCUT2D eigenvalue weighted by Crippen LogP contribution is 2.27. The SMILES string of the molecule is CCCCOc1ccc(-c2n[nH]c(C)c2N)cc1. The molecule has 0 spiro atoms. The number of aromatic nitrogens is 2. The van der Waals surface area contributed by atoms with E-state index in [0.29, 0.717) is 5.69 Å². The lowest BCUT2D eigenvalue weighted by Crippen LogP contribution is -1.96. The molecule has 0 radical (unpaired) electrons. The van der Waals surface area contributed by atoms with Crippen molar-refractivity contribution < 1.29 is 4.74 Å². The van der Waals surface area contributed by atoms with Crippen LogP contribution in [-0.4, -0.2) is 16.8 Å². The van der Waals surface area contributed by atoms with E-state index in [-0.39, 0.29) is 0 Å². The standard InChI is InChI=1S/C14H19N3O/c1-3-4-9-18-12-7-5-11(6-8-12)14-13(15)10(2)16-17-14/h5-8H,3-4,9,15H2,1-2H3,(H,16,17). The van der Waals surface area contributed by atoms with Crippen molar-refractivity contribution in [3.05, 3.63) is 30.0 Å². The van der Waals surface area contributed by atoms with Crippen LogP contribution in [-0.2, 0) is 0 Å². The van der Waals surface area contributed by atoms with Gasteiger partial charge >= 0.3 is 0 Å². The van der Waals surface area contributed by atoms with E-state index in [1.165, 1.54) is 0 Å². The average Bonchev–Trinajstić information content (AvgIpc) is 2.72. The molecule has 0 aliphatic rings. The molecule has 0 saturated carbocycles. The Morgan fingerprint density at radius 2 is 2.00 bits per heavy atom. The van der Waals surface area contributed by atoms with Gasteiger partial charge in [-0.2, -0.15) is 5.10 Å². The predicted octanol–water partition coefficient (Wildman–Crippen LogP) is 3.15. The van der Waals surface area contributed by atoms with Gasteiger partial charge in [0.15, 0.2) is 0 Å². The normalized spacial score (nSPS) is 10.6. The maximum atomic E-state index is 5.95. The van der Waals surface area contributed by atoms with Crippen molar-refractivity contribution in [1.82, 2.24) is 10.2 Å². The molecule has 2 rings (SSSR count). The van der Waals surface area contributed by atoms with Crippen molar-refractivity contribution in [2.75, 3.05) is 12.3 Å². The van der Waals surface area contributed by atoms with Crippen LogP contribution in [0.15, 0.2) is 24.3 Å². The van der Waals surface area contributed by atoms with Crippen molar-refractivity contribution in [2.24, 2.45) is 0 Å². The summed E-state index contributed by atoms with van der Waals surface area (Å²) in [5.74, 6) is 0.887. The Morgan fingerprint density at radius 1 is 1.28 bits per heavy atom. The molecule has 0 bridgehead atoms. The van der Waals surface area contributed by atoms with Gasteiger partial charge in [0.1, 0.15) is 11.4 Å². The fourth-order valence-electron chi connectivity index (χ4n) is 1.70. The molecule has 0 fully saturated rings. The summed E-state index contributed by atoms with van der Waals surface area (Å²) in [6.07, 6.45) is 2.22. The molecule has 3 N–H and O–H groups in total. The molecule has 0 aliphatic carbocycles. The molecule has 2 aromatic rings. The number of hydrogen-bond donors (Lipinski definition) is 2. The molecule has 4 nitrogen and oxygen atoms in total. The number of rotatable bonds is 5. The molecule has 1 aromatic carbocycles. The van der Waals surface area contributed by atoms with Crippen molar-refractivity contribution >= 4 is 5.69 Å². The minimum absolute atomic E-state index is 0.703. The molecule has 4 heteroatoms. The first-order chi connectivity index (χ1) is 8.72. The van der Waals surface area contributed by atoms with Gasteiger partial charge in [0.05, 0.1) is 18.0 Å². The Hall–Kier alpha value is -1.97. The average molecular weight is 245 g/mol. The van der Waals surface area contributed by atoms with E-state index in [1.807, 2.05) is 31.2 Å². The molecule has 18 heavy (non-hydrogen) atoms. The topological polar surface area (TPSA) is 63.9 Å². The van der Waals surface area contributed by atoms with E-state index in [2.05, 4.69) is 17.1 Å². The predicted molar refractivity (Wildman–Crippen MR) is 73.6 cm³/mol. The first kappa shape index (κ1) is 12.5. The summed E-state index contributed by atoms with van der Waals surface area (Å²) < 4.78 is 5.61. The smallest absolute Gasteiger partial charge is 0.119 e. The minimum atomic E-state index is 0.703. The highest BCUT2D eigenvalue weighted by atomic mass is 16.5. The van der Waals surface area contributed by atoms with Gasteiger partial charge in [-0.3, -0.25) is 5.10 Å². The summed E-state index contributed by atoms with van der Waals surface area (Å²) >= 11 is 0. The summed E-state index contributed by atoms with van der Waals surface area (Å²) in [6.45, 7) is 4.82. The Labute approximate surface area is 107 Å². The lowest BCUT2D eigenvalue weighted by Gasteiger charge is -2.06. The number of aromatic amines is 1. The quantitative estimate of drug-likeness (QED) is 0.795. The van der Waals surface area contributed by atoms with Crippen LogP contribution >= 0.6 is 0 Å². The first-order valence-electron chi connectivity index (χ1n) is 6.26. The van der Waals surface area contributed by atoms with Gasteiger partial charge in [0.25, 0.3) is 0 Å². The number of anilines is 1. The number of ether oxygens (including phenoxy) is 1. The third kappa shape index (κ3) is 2.64. The summed E-state index contributed by atoms with van der Waals surface area (Å²) in [5.41, 5.74) is 9.34. The highest BCUT2D eigenvalue weighted by Gasteiger charge is 2.08. The number of hydrogen-bond acceptors (Lipinski definition) is 3. The molecule has 96 valence electrons. The van der Waals surface area contributed by atoms with Crippen molar-refractivity contribution in [2.45, 2.75) is 26.7 Å². The number of benzene rings is 1. The second kappa shape index (κ2) is 5.58. The lowest BCUT2D eigenvalue weighted by molar-refractivity contribution is 0.309. The maximum absolute atomic E-state index is 5.95. The summed E-state index contributed by atoms with van der Waals surface area (Å²) in [4.78, 5) is 0. The van der Waals surface area contributed by atoms with Crippen molar-refractivity contribution in [3.8, 4) is 17.0 Å². The van der Waals surface area contributed by atoms with Crippen LogP contribution in [0.3, 0.4) is 0 Å². The van der Waals surface area contributed by atoms with Crippen molar-refractivity contribution in [1.29, 1.82) is 0 Å². The monoisotopic (exact) mass is 245 g/mol. The van der Waals surface area contributed by atoms with E-state index >= 15 is 0 Å². The summed E-state index contributed by atoms with van der Waals surface area (Å²) in [7, 11) is 0. The largest absolute Gasteiger partial charge is 0.494 e. The van der Waals surface area contributed by atoms with Crippen molar-refractivity contribution in [3.63, 3.8) is 0 Å². The molecule has 1 heterocycles. The second-order valence-corrected chi connectivity index (χ2v) is 4.34. The Morgan fingerprint density at radius 3 is 2.56 bits per heavy atom. The second-order valence-electron chi connectivity index (χ2n) is 4.34. The van der Waals surface area contributed by atoms with E-state index in [4.69, 9.17) is 10.5 Å². The molecule has 0 unspecified atom stereocenters. The van der Waals surface area contributed by atoms with Gasteiger partial charge in [0.2, 0.25) is 0 Å². The van der Waals surface area contributed by atoms with E-state index in [9.17, 15) is 0 Å². The number of H-pyrrole nitrogens is 1.